The van der Waals surface area contributed by atoms with Gasteiger partial charge in [-0.25, -0.2) is 0 Å². The number of carbonyl (C=O) groups excluding carboxylic acids is 1. The van der Waals surface area contributed by atoms with Gasteiger partial charge in [-0.1, -0.05) is 0 Å². The van der Waals surface area contributed by atoms with Crippen LogP contribution in [0.15, 0.2) is 10.9 Å². The van der Waals surface area contributed by atoms with Crippen molar-refractivity contribution in [2.24, 2.45) is 0 Å². The van der Waals surface area contributed by atoms with E-state index in [4.69, 9.17) is 0 Å². The Hall–Kier alpha value is -1.99. The molecular weight excluding hydrogens is 255 g/mol. The maximum absolute atomic E-state index is 12.0. The SMILES string of the molecule is COC(=O)Cc1cc(C)c(OC(F)(F)F)[nH]c1=O. The Bertz CT molecular complexity index is 507. The van der Waals surface area contributed by atoms with Crippen LogP contribution in [0, 0.1) is 6.92 Å². The summed E-state index contributed by atoms with van der Waals surface area (Å²) in [5.41, 5.74) is -0.759. The van der Waals surface area contributed by atoms with Crippen molar-refractivity contribution in [3.05, 3.63) is 27.5 Å². The van der Waals surface area contributed by atoms with E-state index in [0.29, 0.717) is 0 Å². The summed E-state index contributed by atoms with van der Waals surface area (Å²) in [7, 11) is 1.14. The minimum absolute atomic E-state index is 0.00822. The van der Waals surface area contributed by atoms with Crippen LogP contribution in [-0.4, -0.2) is 24.4 Å². The van der Waals surface area contributed by atoms with Crippen molar-refractivity contribution in [1.29, 1.82) is 0 Å². The molecule has 100 valence electrons. The second-order valence-electron chi connectivity index (χ2n) is 3.44. The molecule has 18 heavy (non-hydrogen) atoms. The first kappa shape index (κ1) is 14.1. The molecular formula is C10H10F3NO4. The molecule has 5 nitrogen and oxygen atoms in total. The van der Waals surface area contributed by atoms with Gasteiger partial charge in [0.1, 0.15) is 0 Å². The zero-order chi connectivity index (χ0) is 13.9. The molecule has 0 radical (unpaired) electrons. The lowest BCUT2D eigenvalue weighted by Crippen LogP contribution is -2.23. The Labute approximate surface area is 99.5 Å². The number of aromatic amines is 1. The van der Waals surface area contributed by atoms with Crippen LogP contribution in [0.1, 0.15) is 11.1 Å². The van der Waals surface area contributed by atoms with E-state index >= 15 is 0 Å². The number of halogens is 3. The summed E-state index contributed by atoms with van der Waals surface area (Å²) >= 11 is 0. The molecule has 1 aromatic heterocycles. The van der Waals surface area contributed by atoms with Crippen molar-refractivity contribution in [2.75, 3.05) is 7.11 Å². The van der Waals surface area contributed by atoms with Gasteiger partial charge in [0.2, 0.25) is 5.88 Å². The van der Waals surface area contributed by atoms with Gasteiger partial charge < -0.3 is 9.47 Å². The summed E-state index contributed by atoms with van der Waals surface area (Å²) in [5, 5.41) is 0. The first-order valence-electron chi connectivity index (χ1n) is 4.78. The zero-order valence-electron chi connectivity index (χ0n) is 9.55. The van der Waals surface area contributed by atoms with Crippen LogP contribution in [0.2, 0.25) is 0 Å². The maximum Gasteiger partial charge on any atom is 0.574 e. The predicted octanol–water partition coefficient (Wildman–Crippen LogP) is 1.30. The number of methoxy groups -OCH3 is 1. The van der Waals surface area contributed by atoms with Gasteiger partial charge in [0.25, 0.3) is 5.56 Å². The molecule has 1 heterocycles. The minimum atomic E-state index is -4.89. The van der Waals surface area contributed by atoms with Gasteiger partial charge in [-0.2, -0.15) is 0 Å². The Morgan fingerprint density at radius 1 is 1.44 bits per heavy atom. The number of ether oxygens (including phenoxy) is 2. The van der Waals surface area contributed by atoms with Gasteiger partial charge in [-0.05, 0) is 13.0 Å². The number of alkyl halides is 3. The van der Waals surface area contributed by atoms with Crippen molar-refractivity contribution in [2.45, 2.75) is 19.7 Å². The third kappa shape index (κ3) is 3.79. The summed E-state index contributed by atoms with van der Waals surface area (Å²) in [6.07, 6.45) is -5.21. The molecule has 1 rings (SSSR count). The van der Waals surface area contributed by atoms with Gasteiger partial charge in [0, 0.05) is 11.1 Å². The lowest BCUT2D eigenvalue weighted by atomic mass is 10.1. The predicted molar refractivity (Wildman–Crippen MR) is 54.2 cm³/mol. The Morgan fingerprint density at radius 3 is 2.56 bits per heavy atom. The summed E-state index contributed by atoms with van der Waals surface area (Å²) in [5.74, 6) is -1.36. The highest BCUT2D eigenvalue weighted by Crippen LogP contribution is 2.23. The molecule has 0 spiro atoms. The smallest absolute Gasteiger partial charge is 0.469 e. The number of nitrogens with one attached hydrogen (secondary N) is 1. The molecule has 0 aliphatic carbocycles. The molecule has 0 aliphatic heterocycles. The minimum Gasteiger partial charge on any atom is -0.469 e. The second kappa shape index (κ2) is 5.11. The highest BCUT2D eigenvalue weighted by molar-refractivity contribution is 5.72. The summed E-state index contributed by atoms with van der Waals surface area (Å²) in [6, 6.07) is 1.15. The van der Waals surface area contributed by atoms with Crippen LogP contribution in [0.5, 0.6) is 5.88 Å². The van der Waals surface area contributed by atoms with E-state index in [-0.39, 0.29) is 17.5 Å². The molecule has 1 aromatic rings. The number of rotatable bonds is 3. The molecule has 1 N–H and O–H groups in total. The molecule has 0 aromatic carbocycles. The second-order valence-corrected chi connectivity index (χ2v) is 3.44. The molecule has 0 bridgehead atoms. The third-order valence-corrected chi connectivity index (χ3v) is 2.05. The molecule has 0 unspecified atom stereocenters. The molecule has 0 amide bonds. The van der Waals surface area contributed by atoms with E-state index in [1.165, 1.54) is 6.92 Å². The van der Waals surface area contributed by atoms with Crippen molar-refractivity contribution in [3.63, 3.8) is 0 Å². The quantitative estimate of drug-likeness (QED) is 0.836. The largest absolute Gasteiger partial charge is 0.574 e. The normalized spacial score (nSPS) is 11.2. The average Bonchev–Trinajstić information content (AvgIpc) is 2.23. The molecule has 8 heteroatoms. The summed E-state index contributed by atoms with van der Waals surface area (Å²) in [4.78, 5) is 24.3. The Kier molecular flexibility index (Phi) is 4.00. The molecule has 0 saturated carbocycles. The number of H-pyrrole nitrogens is 1. The van der Waals surface area contributed by atoms with E-state index in [9.17, 15) is 22.8 Å². The van der Waals surface area contributed by atoms with Crippen LogP contribution in [0.25, 0.3) is 0 Å². The summed E-state index contributed by atoms with van der Waals surface area (Å²) < 4.78 is 44.0. The van der Waals surface area contributed by atoms with Crippen LogP contribution in [0.4, 0.5) is 13.2 Å². The van der Waals surface area contributed by atoms with E-state index in [0.717, 1.165) is 13.2 Å². The number of esters is 1. The van der Waals surface area contributed by atoms with Gasteiger partial charge in [-0.3, -0.25) is 14.6 Å². The number of pyridine rings is 1. The first-order chi connectivity index (χ1) is 8.23. The number of hydrogen-bond acceptors (Lipinski definition) is 4. The number of aryl methyl sites for hydroxylation is 1. The van der Waals surface area contributed by atoms with Crippen LogP contribution in [0.3, 0.4) is 0 Å². The van der Waals surface area contributed by atoms with Gasteiger partial charge in [0.05, 0.1) is 13.5 Å². The van der Waals surface area contributed by atoms with Crippen molar-refractivity contribution in [1.82, 2.24) is 4.98 Å². The van der Waals surface area contributed by atoms with E-state index in [2.05, 4.69) is 9.47 Å². The number of carbonyl (C=O) groups is 1. The molecule has 0 aliphatic rings. The first-order valence-corrected chi connectivity index (χ1v) is 4.78. The molecule has 0 fully saturated rings. The molecule has 0 saturated heterocycles. The highest BCUT2D eigenvalue weighted by Gasteiger charge is 2.32. The average molecular weight is 265 g/mol. The van der Waals surface area contributed by atoms with Crippen molar-refractivity contribution in [3.8, 4) is 5.88 Å². The monoisotopic (exact) mass is 265 g/mol. The fourth-order valence-corrected chi connectivity index (χ4v) is 1.26. The maximum atomic E-state index is 12.0. The molecule has 0 atom stereocenters. The Morgan fingerprint density at radius 2 is 2.06 bits per heavy atom. The highest BCUT2D eigenvalue weighted by atomic mass is 19.4. The van der Waals surface area contributed by atoms with Gasteiger partial charge in [0.15, 0.2) is 0 Å². The van der Waals surface area contributed by atoms with Gasteiger partial charge >= 0.3 is 12.3 Å². The van der Waals surface area contributed by atoms with Crippen LogP contribution in [-0.2, 0) is 16.0 Å². The third-order valence-electron chi connectivity index (χ3n) is 2.05. The Balaban J connectivity index is 3.05. The van der Waals surface area contributed by atoms with Gasteiger partial charge in [-0.15, -0.1) is 13.2 Å². The fraction of sp³-hybridized carbons (Fsp3) is 0.400. The lowest BCUT2D eigenvalue weighted by Gasteiger charge is -2.11. The standard InChI is InChI=1S/C10H10F3NO4/c1-5-3-6(4-7(15)17-2)8(16)14-9(5)18-10(11,12)13/h3H,4H2,1-2H3,(H,14,16). The number of hydrogen-bond donors (Lipinski definition) is 1. The van der Waals surface area contributed by atoms with E-state index < -0.39 is 23.8 Å². The van der Waals surface area contributed by atoms with Crippen molar-refractivity contribution < 1.29 is 27.4 Å². The fourth-order valence-electron chi connectivity index (χ4n) is 1.26. The zero-order valence-corrected chi connectivity index (χ0v) is 9.55. The summed E-state index contributed by atoms with van der Waals surface area (Å²) in [6.45, 7) is 1.32. The number of aromatic nitrogens is 1. The van der Waals surface area contributed by atoms with E-state index in [1.807, 2.05) is 4.98 Å². The lowest BCUT2D eigenvalue weighted by molar-refractivity contribution is -0.276. The topological polar surface area (TPSA) is 68.4 Å². The van der Waals surface area contributed by atoms with Crippen LogP contribution < -0.4 is 10.3 Å². The van der Waals surface area contributed by atoms with Crippen molar-refractivity contribution >= 4 is 5.97 Å². The van der Waals surface area contributed by atoms with Crippen LogP contribution >= 0.6 is 0 Å². The van der Waals surface area contributed by atoms with E-state index in [1.54, 1.807) is 0 Å².